The van der Waals surface area contributed by atoms with Gasteiger partial charge < -0.3 is 10.5 Å². The van der Waals surface area contributed by atoms with Crippen molar-refractivity contribution in [2.45, 2.75) is 11.8 Å². The van der Waals surface area contributed by atoms with E-state index in [1.54, 1.807) is 6.92 Å². The summed E-state index contributed by atoms with van der Waals surface area (Å²) >= 11 is 0. The number of halogens is 1. The Kier molecular flexibility index (Phi) is 4.53. The third-order valence-corrected chi connectivity index (χ3v) is 3.52. The van der Waals surface area contributed by atoms with Crippen LogP contribution in [-0.2, 0) is 10.0 Å². The van der Waals surface area contributed by atoms with E-state index in [1.807, 2.05) is 0 Å². The van der Waals surface area contributed by atoms with Crippen LogP contribution in [-0.4, -0.2) is 22.1 Å². The van der Waals surface area contributed by atoms with Crippen molar-refractivity contribution in [3.63, 3.8) is 0 Å². The number of methoxy groups -OCH3 is 1. The minimum atomic E-state index is -3.97. The molecule has 0 amide bonds. The van der Waals surface area contributed by atoms with E-state index in [-0.39, 0.29) is 18.0 Å². The smallest absolute Gasteiger partial charge is 0.244 e. The van der Waals surface area contributed by atoms with Gasteiger partial charge in [0.15, 0.2) is 0 Å². The van der Waals surface area contributed by atoms with Crippen LogP contribution in [0.25, 0.3) is 0 Å². The average Bonchev–Trinajstić information content (AvgIpc) is 2.31. The highest BCUT2D eigenvalue weighted by molar-refractivity contribution is 7.89. The SMILES string of the molecule is CC#CCNS(=O)(=O)c1cc(N)c(OC)cc1F. The van der Waals surface area contributed by atoms with Crippen LogP contribution < -0.4 is 15.2 Å². The quantitative estimate of drug-likeness (QED) is 0.625. The number of rotatable bonds is 4. The molecule has 0 fully saturated rings. The maximum atomic E-state index is 13.6. The molecule has 98 valence electrons. The molecule has 5 nitrogen and oxygen atoms in total. The van der Waals surface area contributed by atoms with Crippen LogP contribution in [0.15, 0.2) is 17.0 Å². The van der Waals surface area contributed by atoms with Crippen molar-refractivity contribution in [1.29, 1.82) is 0 Å². The lowest BCUT2D eigenvalue weighted by molar-refractivity contribution is 0.412. The summed E-state index contributed by atoms with van der Waals surface area (Å²) in [5.41, 5.74) is 5.58. The summed E-state index contributed by atoms with van der Waals surface area (Å²) in [5, 5.41) is 0. The molecule has 0 heterocycles. The summed E-state index contributed by atoms with van der Waals surface area (Å²) < 4.78 is 44.1. The molecule has 0 bridgehead atoms. The molecule has 7 heteroatoms. The van der Waals surface area contributed by atoms with E-state index >= 15 is 0 Å². The maximum Gasteiger partial charge on any atom is 0.244 e. The Morgan fingerprint density at radius 1 is 1.50 bits per heavy atom. The first-order chi connectivity index (χ1) is 8.42. The molecule has 0 atom stereocenters. The molecular weight excluding hydrogens is 259 g/mol. The zero-order valence-electron chi connectivity index (χ0n) is 9.95. The molecule has 0 aliphatic rings. The van der Waals surface area contributed by atoms with Crippen molar-refractivity contribution in [2.24, 2.45) is 0 Å². The Balaban J connectivity index is 3.15. The molecule has 1 aromatic carbocycles. The summed E-state index contributed by atoms with van der Waals surface area (Å²) in [4.78, 5) is -0.529. The second-order valence-electron chi connectivity index (χ2n) is 3.28. The fourth-order valence-corrected chi connectivity index (χ4v) is 2.25. The lowest BCUT2D eigenvalue weighted by Gasteiger charge is -2.09. The van der Waals surface area contributed by atoms with Crippen LogP contribution in [0.4, 0.5) is 10.1 Å². The van der Waals surface area contributed by atoms with E-state index in [1.165, 1.54) is 7.11 Å². The molecule has 0 aliphatic heterocycles. The molecule has 1 rings (SSSR count). The van der Waals surface area contributed by atoms with E-state index < -0.39 is 20.7 Å². The number of hydrogen-bond acceptors (Lipinski definition) is 4. The predicted octanol–water partition coefficient (Wildman–Crippen LogP) is 0.718. The largest absolute Gasteiger partial charge is 0.494 e. The van der Waals surface area contributed by atoms with Crippen LogP contribution in [0.5, 0.6) is 5.75 Å². The molecule has 18 heavy (non-hydrogen) atoms. The third kappa shape index (κ3) is 3.12. The predicted molar refractivity (Wildman–Crippen MR) is 66.0 cm³/mol. The highest BCUT2D eigenvalue weighted by atomic mass is 32.2. The molecule has 0 radical (unpaired) electrons. The summed E-state index contributed by atoms with van der Waals surface area (Å²) in [5.74, 6) is 4.18. The number of sulfonamides is 1. The standard InChI is InChI=1S/C11H13FN2O3S/c1-3-4-5-14-18(15,16)11-7-9(13)10(17-2)6-8(11)12/h6-7,14H,5,13H2,1-2H3. The topological polar surface area (TPSA) is 81.4 Å². The van der Waals surface area contributed by atoms with Gasteiger partial charge in [0.2, 0.25) is 10.0 Å². The van der Waals surface area contributed by atoms with E-state index in [9.17, 15) is 12.8 Å². The van der Waals surface area contributed by atoms with E-state index in [0.29, 0.717) is 0 Å². The zero-order valence-corrected chi connectivity index (χ0v) is 10.8. The second-order valence-corrected chi connectivity index (χ2v) is 5.01. The van der Waals surface area contributed by atoms with Crippen molar-refractivity contribution in [1.82, 2.24) is 4.72 Å². The maximum absolute atomic E-state index is 13.6. The number of nitrogens with one attached hydrogen (secondary N) is 1. The number of nitrogens with two attached hydrogens (primary N) is 1. The lowest BCUT2D eigenvalue weighted by atomic mass is 10.3. The Morgan fingerprint density at radius 2 is 2.17 bits per heavy atom. The molecular formula is C11H13FN2O3S. The number of benzene rings is 1. The van der Waals surface area contributed by atoms with E-state index in [4.69, 9.17) is 10.5 Å². The van der Waals surface area contributed by atoms with Crippen LogP contribution in [0.1, 0.15) is 6.92 Å². The van der Waals surface area contributed by atoms with Gasteiger partial charge in [-0.05, 0) is 13.0 Å². The second kappa shape index (κ2) is 5.71. The number of anilines is 1. The molecule has 3 N–H and O–H groups in total. The van der Waals surface area contributed by atoms with E-state index in [0.717, 1.165) is 12.1 Å². The molecule has 0 unspecified atom stereocenters. The van der Waals surface area contributed by atoms with Crippen LogP contribution in [0.2, 0.25) is 0 Å². The number of nitrogen functional groups attached to an aromatic ring is 1. The summed E-state index contributed by atoms with van der Waals surface area (Å²) in [6.45, 7) is 1.48. The minimum absolute atomic E-state index is 0.0425. The first-order valence-electron chi connectivity index (χ1n) is 4.94. The number of hydrogen-bond donors (Lipinski definition) is 2. The Morgan fingerprint density at radius 3 is 2.72 bits per heavy atom. The average molecular weight is 272 g/mol. The molecule has 0 aliphatic carbocycles. The fraction of sp³-hybridized carbons (Fsp3) is 0.273. The first kappa shape index (κ1) is 14.3. The van der Waals surface area contributed by atoms with Gasteiger partial charge in [-0.3, -0.25) is 0 Å². The number of ether oxygens (including phenoxy) is 1. The molecule has 0 saturated heterocycles. The van der Waals surface area contributed by atoms with Gasteiger partial charge in [-0.15, -0.1) is 5.92 Å². The van der Waals surface area contributed by atoms with Gasteiger partial charge in [0.05, 0.1) is 19.3 Å². The summed E-state index contributed by atoms with van der Waals surface area (Å²) in [6, 6.07) is 1.94. The third-order valence-electron chi connectivity index (χ3n) is 2.10. The first-order valence-corrected chi connectivity index (χ1v) is 6.43. The van der Waals surface area contributed by atoms with Gasteiger partial charge in [-0.2, -0.15) is 4.72 Å². The van der Waals surface area contributed by atoms with Crippen molar-refractivity contribution in [3.8, 4) is 17.6 Å². The van der Waals surface area contributed by atoms with Gasteiger partial charge in [0.1, 0.15) is 16.5 Å². The molecule has 0 spiro atoms. The van der Waals surface area contributed by atoms with Gasteiger partial charge >= 0.3 is 0 Å². The lowest BCUT2D eigenvalue weighted by Crippen LogP contribution is -2.25. The Labute approximate surface area is 105 Å². The van der Waals surface area contributed by atoms with Crippen LogP contribution in [0.3, 0.4) is 0 Å². The van der Waals surface area contributed by atoms with Crippen molar-refractivity contribution in [3.05, 3.63) is 17.9 Å². The zero-order chi connectivity index (χ0) is 13.8. The van der Waals surface area contributed by atoms with Gasteiger partial charge in [0.25, 0.3) is 0 Å². The van der Waals surface area contributed by atoms with Crippen molar-refractivity contribution >= 4 is 15.7 Å². The minimum Gasteiger partial charge on any atom is -0.494 e. The summed E-state index contributed by atoms with van der Waals surface area (Å²) in [7, 11) is -2.66. The van der Waals surface area contributed by atoms with Gasteiger partial charge in [0, 0.05) is 6.07 Å². The molecule has 0 saturated carbocycles. The highest BCUT2D eigenvalue weighted by Gasteiger charge is 2.20. The Hall–Kier alpha value is -1.78. The highest BCUT2D eigenvalue weighted by Crippen LogP contribution is 2.27. The van der Waals surface area contributed by atoms with Gasteiger partial charge in [-0.1, -0.05) is 5.92 Å². The van der Waals surface area contributed by atoms with E-state index in [2.05, 4.69) is 16.6 Å². The monoisotopic (exact) mass is 272 g/mol. The fourth-order valence-electron chi connectivity index (χ4n) is 1.23. The van der Waals surface area contributed by atoms with Crippen molar-refractivity contribution < 1.29 is 17.5 Å². The Bertz CT molecular complexity index is 603. The molecule has 1 aromatic rings. The molecule has 0 aromatic heterocycles. The van der Waals surface area contributed by atoms with Gasteiger partial charge in [-0.25, -0.2) is 12.8 Å². The van der Waals surface area contributed by atoms with Crippen molar-refractivity contribution in [2.75, 3.05) is 19.4 Å². The van der Waals surface area contributed by atoms with Crippen LogP contribution >= 0.6 is 0 Å². The summed E-state index contributed by atoms with van der Waals surface area (Å²) in [6.07, 6.45) is 0. The normalized spacial score (nSPS) is 10.6. The van der Waals surface area contributed by atoms with Crippen LogP contribution in [0, 0.1) is 17.7 Å².